The van der Waals surface area contributed by atoms with Crippen molar-refractivity contribution < 1.29 is 14.7 Å². The van der Waals surface area contributed by atoms with Crippen molar-refractivity contribution in [3.63, 3.8) is 0 Å². The number of H-pyrrole nitrogens is 1. The third kappa shape index (κ3) is 2.43. The number of aromatic amines is 1. The van der Waals surface area contributed by atoms with Gasteiger partial charge in [-0.3, -0.25) is 9.59 Å². The molecule has 0 aliphatic carbocycles. The lowest BCUT2D eigenvalue weighted by atomic mass is 9.88. The molecule has 1 fully saturated rings. The highest BCUT2D eigenvalue weighted by Gasteiger charge is 2.44. The third-order valence-corrected chi connectivity index (χ3v) is 3.98. The van der Waals surface area contributed by atoms with Gasteiger partial charge in [-0.25, -0.2) is 4.79 Å². The molecular weight excluding hydrogens is 284 g/mol. The number of aromatic nitrogens is 1. The second-order valence-corrected chi connectivity index (χ2v) is 5.47. The van der Waals surface area contributed by atoms with Crippen molar-refractivity contribution in [2.45, 2.75) is 31.7 Å². The summed E-state index contributed by atoms with van der Waals surface area (Å²) in [7, 11) is 0. The van der Waals surface area contributed by atoms with E-state index >= 15 is 0 Å². The molecule has 1 amide bonds. The summed E-state index contributed by atoms with van der Waals surface area (Å²) in [4.78, 5) is 38.8. The minimum Gasteiger partial charge on any atom is -0.480 e. The quantitative estimate of drug-likeness (QED) is 0.865. The number of nitrogens with zero attached hydrogens (tertiary/aromatic N) is 1. The number of likely N-dealkylation sites (tertiary alicyclic amines) is 1. The summed E-state index contributed by atoms with van der Waals surface area (Å²) in [6.45, 7) is 1.91. The molecule has 108 valence electrons. The maximum absolute atomic E-state index is 12.5. The van der Waals surface area contributed by atoms with Crippen molar-refractivity contribution in [1.82, 2.24) is 9.88 Å². The minimum absolute atomic E-state index is 0.0927. The van der Waals surface area contributed by atoms with Gasteiger partial charge in [0.05, 0.1) is 5.56 Å². The van der Waals surface area contributed by atoms with E-state index in [0.29, 0.717) is 13.0 Å². The molecule has 7 heteroatoms. The Labute approximate surface area is 120 Å². The number of amides is 1. The van der Waals surface area contributed by atoms with Gasteiger partial charge >= 0.3 is 5.97 Å². The van der Waals surface area contributed by atoms with Gasteiger partial charge < -0.3 is 15.0 Å². The first-order valence-corrected chi connectivity index (χ1v) is 6.67. The Kier molecular flexibility index (Phi) is 3.85. The fourth-order valence-corrected chi connectivity index (χ4v) is 2.58. The molecule has 1 saturated heterocycles. The number of carbonyl (C=O) groups excluding carboxylic acids is 1. The highest BCUT2D eigenvalue weighted by Crippen LogP contribution is 2.29. The molecule has 0 saturated carbocycles. The minimum atomic E-state index is -1.22. The number of hydrogen-bond donors (Lipinski definition) is 2. The predicted molar refractivity (Wildman–Crippen MR) is 73.0 cm³/mol. The first kappa shape index (κ1) is 14.6. The number of carbonyl (C=O) groups is 2. The summed E-state index contributed by atoms with van der Waals surface area (Å²) >= 11 is 5.70. The van der Waals surface area contributed by atoms with Crippen LogP contribution in [-0.4, -0.2) is 39.0 Å². The van der Waals surface area contributed by atoms with E-state index in [1.165, 1.54) is 17.2 Å². The van der Waals surface area contributed by atoms with Gasteiger partial charge in [-0.1, -0.05) is 11.6 Å². The van der Waals surface area contributed by atoms with E-state index in [4.69, 9.17) is 11.6 Å². The van der Waals surface area contributed by atoms with Crippen molar-refractivity contribution in [2.24, 2.45) is 0 Å². The summed E-state index contributed by atoms with van der Waals surface area (Å²) in [5.41, 5.74) is -1.52. The topological polar surface area (TPSA) is 90.5 Å². The number of rotatable bonds is 2. The smallest absolute Gasteiger partial charge is 0.329 e. The molecule has 1 aliphatic heterocycles. The highest BCUT2D eigenvalue weighted by atomic mass is 35.5. The van der Waals surface area contributed by atoms with Gasteiger partial charge in [0.15, 0.2) is 0 Å². The number of halogens is 1. The van der Waals surface area contributed by atoms with Crippen molar-refractivity contribution in [3.8, 4) is 0 Å². The van der Waals surface area contributed by atoms with Crippen molar-refractivity contribution >= 4 is 23.5 Å². The molecule has 2 heterocycles. The molecule has 2 N–H and O–H groups in total. The monoisotopic (exact) mass is 298 g/mol. The van der Waals surface area contributed by atoms with Crippen LogP contribution in [0.15, 0.2) is 17.1 Å². The van der Waals surface area contributed by atoms with Gasteiger partial charge in [0.25, 0.3) is 11.5 Å². The number of aliphatic carboxylic acids is 1. The Morgan fingerprint density at radius 1 is 1.45 bits per heavy atom. The first-order valence-electron chi connectivity index (χ1n) is 6.30. The van der Waals surface area contributed by atoms with Crippen LogP contribution >= 0.6 is 11.6 Å². The molecule has 1 aromatic heterocycles. The zero-order chi connectivity index (χ0) is 14.9. The van der Waals surface area contributed by atoms with Gasteiger partial charge in [-0.2, -0.15) is 0 Å². The van der Waals surface area contributed by atoms with E-state index < -0.39 is 23.0 Å². The lowest BCUT2D eigenvalue weighted by molar-refractivity contribution is -0.150. The van der Waals surface area contributed by atoms with Crippen molar-refractivity contribution in [2.75, 3.05) is 6.54 Å². The Bertz CT molecular complexity index is 613. The molecule has 6 nitrogen and oxygen atoms in total. The molecule has 2 rings (SSSR count). The summed E-state index contributed by atoms with van der Waals surface area (Å²) in [5.74, 6) is -1.46. The average molecular weight is 299 g/mol. The number of carboxylic acids is 1. The van der Waals surface area contributed by atoms with Crippen LogP contribution in [0.25, 0.3) is 0 Å². The predicted octanol–water partition coefficient (Wildman–Crippen LogP) is 1.50. The molecule has 0 aromatic carbocycles. The van der Waals surface area contributed by atoms with Crippen molar-refractivity contribution in [1.29, 1.82) is 0 Å². The average Bonchev–Trinajstić information content (AvgIpc) is 2.41. The van der Waals surface area contributed by atoms with Gasteiger partial charge in [-0.15, -0.1) is 0 Å². The zero-order valence-corrected chi connectivity index (χ0v) is 11.7. The second-order valence-electron chi connectivity index (χ2n) is 5.06. The molecule has 0 bridgehead atoms. The molecule has 0 unspecified atom stereocenters. The van der Waals surface area contributed by atoms with E-state index in [2.05, 4.69) is 4.98 Å². The summed E-state index contributed by atoms with van der Waals surface area (Å²) < 4.78 is 0. The van der Waals surface area contributed by atoms with Crippen LogP contribution in [0.3, 0.4) is 0 Å². The number of hydrogen-bond acceptors (Lipinski definition) is 3. The lowest BCUT2D eigenvalue weighted by Crippen LogP contribution is -2.57. The van der Waals surface area contributed by atoms with Crippen LogP contribution in [-0.2, 0) is 4.79 Å². The maximum Gasteiger partial charge on any atom is 0.329 e. The molecular formula is C13H15ClN2O4. The largest absolute Gasteiger partial charge is 0.480 e. The van der Waals surface area contributed by atoms with E-state index in [1.54, 1.807) is 6.92 Å². The van der Waals surface area contributed by atoms with Crippen LogP contribution in [0.2, 0.25) is 5.02 Å². The Morgan fingerprint density at radius 2 is 2.15 bits per heavy atom. The normalized spacial score (nSPS) is 22.6. The standard InChI is InChI=1S/C13H15ClN2O4/c1-13(12(19)20)4-2-3-5-16(13)11(18)8-6-9(14)10(17)15-7-8/h6-7H,2-5H2,1H3,(H,15,17)(H,19,20)/t13-/m1/s1. The Hall–Kier alpha value is -1.82. The molecule has 0 radical (unpaired) electrons. The van der Waals surface area contributed by atoms with Gasteiger partial charge in [0.1, 0.15) is 10.6 Å². The third-order valence-electron chi connectivity index (χ3n) is 3.70. The number of piperidine rings is 1. The second kappa shape index (κ2) is 5.28. The lowest BCUT2D eigenvalue weighted by Gasteiger charge is -2.41. The van der Waals surface area contributed by atoms with Gasteiger partial charge in [-0.05, 0) is 32.3 Å². The Morgan fingerprint density at radius 3 is 2.75 bits per heavy atom. The Balaban J connectivity index is 2.37. The SMILES string of the molecule is C[C@]1(C(=O)O)CCCCN1C(=O)c1c[nH]c(=O)c(Cl)c1. The number of pyridine rings is 1. The van der Waals surface area contributed by atoms with Crippen LogP contribution in [0.5, 0.6) is 0 Å². The van der Waals surface area contributed by atoms with Crippen LogP contribution in [0, 0.1) is 0 Å². The zero-order valence-electron chi connectivity index (χ0n) is 11.0. The summed E-state index contributed by atoms with van der Waals surface area (Å²) in [6.07, 6.45) is 3.18. The molecule has 1 aromatic rings. The van der Waals surface area contributed by atoms with Gasteiger partial charge in [0.2, 0.25) is 0 Å². The van der Waals surface area contributed by atoms with Crippen LogP contribution in [0.4, 0.5) is 0 Å². The number of nitrogens with one attached hydrogen (secondary N) is 1. The van der Waals surface area contributed by atoms with Crippen LogP contribution in [0.1, 0.15) is 36.5 Å². The fraction of sp³-hybridized carbons (Fsp3) is 0.462. The van der Waals surface area contributed by atoms with E-state index in [9.17, 15) is 19.5 Å². The van der Waals surface area contributed by atoms with E-state index in [1.807, 2.05) is 0 Å². The maximum atomic E-state index is 12.5. The molecule has 1 atom stereocenters. The fourth-order valence-electron chi connectivity index (χ4n) is 2.40. The molecule has 20 heavy (non-hydrogen) atoms. The number of carboxylic acid groups (broad SMARTS) is 1. The summed E-state index contributed by atoms with van der Waals surface area (Å²) in [6, 6.07) is 1.26. The van der Waals surface area contributed by atoms with Gasteiger partial charge in [0, 0.05) is 12.7 Å². The van der Waals surface area contributed by atoms with Crippen LogP contribution < -0.4 is 5.56 Å². The van der Waals surface area contributed by atoms with Crippen molar-refractivity contribution in [3.05, 3.63) is 33.2 Å². The molecule has 0 spiro atoms. The highest BCUT2D eigenvalue weighted by molar-refractivity contribution is 6.30. The van der Waals surface area contributed by atoms with E-state index in [0.717, 1.165) is 12.8 Å². The molecule has 1 aliphatic rings. The van der Waals surface area contributed by atoms with E-state index in [-0.39, 0.29) is 10.6 Å². The first-order chi connectivity index (χ1) is 9.36. The summed E-state index contributed by atoms with van der Waals surface area (Å²) in [5, 5.41) is 9.29.